The Bertz CT molecular complexity index is 1040. The zero-order valence-electron chi connectivity index (χ0n) is 19.5. The molecule has 0 spiro atoms. The lowest BCUT2D eigenvalue weighted by molar-refractivity contribution is -0.117. The Balaban J connectivity index is 1.72. The summed E-state index contributed by atoms with van der Waals surface area (Å²) in [5.41, 5.74) is 2.54. The summed E-state index contributed by atoms with van der Waals surface area (Å²) in [5.74, 6) is 1.11. The van der Waals surface area contributed by atoms with Crippen molar-refractivity contribution in [3.63, 3.8) is 0 Å². The molecule has 2 aromatic rings. The average Bonchev–Trinajstić information content (AvgIpc) is 3.55. The number of nitrogens with one attached hydrogen (secondary N) is 1. The van der Waals surface area contributed by atoms with Crippen LogP contribution in [0.2, 0.25) is 0 Å². The minimum atomic E-state index is -0.145. The highest BCUT2D eigenvalue weighted by molar-refractivity contribution is 6.07. The quantitative estimate of drug-likeness (QED) is 0.559. The number of aryl methyl sites for hydroxylation is 1. The molecule has 0 unspecified atom stereocenters. The first-order valence-corrected chi connectivity index (χ1v) is 11.9. The van der Waals surface area contributed by atoms with Crippen molar-refractivity contribution in [1.82, 2.24) is 14.5 Å². The third kappa shape index (κ3) is 5.03. The van der Waals surface area contributed by atoms with Crippen LogP contribution in [0.3, 0.4) is 0 Å². The summed E-state index contributed by atoms with van der Waals surface area (Å²) in [6, 6.07) is 3.64. The molecule has 2 amide bonds. The third-order valence-corrected chi connectivity index (χ3v) is 6.67. The van der Waals surface area contributed by atoms with Gasteiger partial charge in [0, 0.05) is 38.9 Å². The molecule has 33 heavy (non-hydrogen) atoms. The van der Waals surface area contributed by atoms with Gasteiger partial charge in [-0.3, -0.25) is 9.59 Å². The maximum absolute atomic E-state index is 13.6. The molecule has 1 aromatic carbocycles. The summed E-state index contributed by atoms with van der Waals surface area (Å²) in [6.45, 7) is 9.09. The van der Waals surface area contributed by atoms with Crippen molar-refractivity contribution >= 4 is 28.5 Å². The molecule has 7 nitrogen and oxygen atoms in total. The van der Waals surface area contributed by atoms with Gasteiger partial charge in [0.05, 0.1) is 16.6 Å². The fraction of sp³-hybridized carbons (Fsp3) is 0.500. The van der Waals surface area contributed by atoms with E-state index in [9.17, 15) is 9.59 Å². The zero-order valence-corrected chi connectivity index (χ0v) is 19.5. The first-order chi connectivity index (χ1) is 16.0. The van der Waals surface area contributed by atoms with Gasteiger partial charge in [-0.15, -0.1) is 13.2 Å². The molecule has 2 heterocycles. The number of rotatable bonds is 9. The van der Waals surface area contributed by atoms with Crippen LogP contribution < -0.4 is 5.32 Å². The number of nitrogens with zero attached hydrogens (tertiary/aromatic N) is 3. The smallest absolute Gasteiger partial charge is 0.256 e. The summed E-state index contributed by atoms with van der Waals surface area (Å²) in [7, 11) is 1.92. The molecule has 7 heteroatoms. The maximum Gasteiger partial charge on any atom is 0.256 e. The van der Waals surface area contributed by atoms with Crippen LogP contribution in [-0.4, -0.2) is 46.0 Å². The first-order valence-electron chi connectivity index (χ1n) is 11.9. The van der Waals surface area contributed by atoms with Crippen LogP contribution >= 0.6 is 0 Å². The molecule has 4 rings (SSSR count). The van der Waals surface area contributed by atoms with E-state index in [1.54, 1.807) is 23.1 Å². The van der Waals surface area contributed by atoms with Gasteiger partial charge in [-0.25, -0.2) is 4.98 Å². The zero-order chi connectivity index (χ0) is 23.4. The second-order valence-corrected chi connectivity index (χ2v) is 9.11. The largest absolute Gasteiger partial charge is 0.370 e. The Morgan fingerprint density at radius 2 is 1.91 bits per heavy atom. The first kappa shape index (κ1) is 23.2. The fourth-order valence-corrected chi connectivity index (χ4v) is 5.09. The van der Waals surface area contributed by atoms with Crippen LogP contribution in [0.15, 0.2) is 37.4 Å². The molecule has 1 aliphatic carbocycles. The highest BCUT2D eigenvalue weighted by atomic mass is 16.5. The number of carbonyl (C=O) groups excluding carboxylic acids is 2. The predicted octanol–water partition coefficient (Wildman–Crippen LogP) is 4.76. The van der Waals surface area contributed by atoms with Crippen molar-refractivity contribution in [1.29, 1.82) is 0 Å². The second-order valence-electron chi connectivity index (χ2n) is 9.11. The molecule has 1 aromatic heterocycles. The number of amides is 2. The molecule has 1 N–H and O–H groups in total. The monoisotopic (exact) mass is 450 g/mol. The van der Waals surface area contributed by atoms with Gasteiger partial charge in [-0.1, -0.05) is 25.0 Å². The predicted molar refractivity (Wildman–Crippen MR) is 130 cm³/mol. The van der Waals surface area contributed by atoms with Crippen molar-refractivity contribution < 1.29 is 14.3 Å². The van der Waals surface area contributed by atoms with E-state index >= 15 is 0 Å². The van der Waals surface area contributed by atoms with Crippen LogP contribution in [0.5, 0.6) is 0 Å². The van der Waals surface area contributed by atoms with Gasteiger partial charge in [-0.05, 0) is 43.7 Å². The lowest BCUT2D eigenvalue weighted by Crippen LogP contribution is -2.31. The van der Waals surface area contributed by atoms with Crippen LogP contribution in [0.25, 0.3) is 11.0 Å². The average molecular weight is 451 g/mol. The number of hydrogen-bond acceptors (Lipinski definition) is 4. The highest BCUT2D eigenvalue weighted by Crippen LogP contribution is 2.33. The normalized spacial score (nSPS) is 18.5. The van der Waals surface area contributed by atoms with E-state index in [1.165, 1.54) is 12.8 Å². The number of imidazole rings is 1. The van der Waals surface area contributed by atoms with Gasteiger partial charge in [0.1, 0.15) is 11.9 Å². The van der Waals surface area contributed by atoms with E-state index in [0.29, 0.717) is 48.8 Å². The van der Waals surface area contributed by atoms with Gasteiger partial charge in [-0.2, -0.15) is 0 Å². The molecule has 1 saturated heterocycles. The molecule has 0 radical (unpaired) electrons. The topological polar surface area (TPSA) is 76.5 Å². The highest BCUT2D eigenvalue weighted by Gasteiger charge is 2.27. The molecule has 176 valence electrons. The Morgan fingerprint density at radius 1 is 1.18 bits per heavy atom. The van der Waals surface area contributed by atoms with Gasteiger partial charge < -0.3 is 19.5 Å². The SMILES string of the molecule is C=CCN(CC=C)C(=O)c1cc(NC(=O)CC2CCCC2)cc2nc([C@@H]3CCCO3)n(C)c12. The molecule has 2 aliphatic rings. The van der Waals surface area contributed by atoms with E-state index in [2.05, 4.69) is 18.5 Å². The summed E-state index contributed by atoms with van der Waals surface area (Å²) >= 11 is 0. The maximum atomic E-state index is 13.6. The number of anilines is 1. The molecule has 2 fully saturated rings. The van der Waals surface area contributed by atoms with Crippen molar-refractivity contribution in [2.24, 2.45) is 13.0 Å². The van der Waals surface area contributed by atoms with E-state index in [0.717, 1.165) is 37.0 Å². The Morgan fingerprint density at radius 3 is 2.55 bits per heavy atom. The standard InChI is InChI=1S/C26H34N4O3/c1-4-12-30(13-5-2)26(32)20-16-19(27-23(31)15-18-9-6-7-10-18)17-21-24(20)29(3)25(28-21)22-11-8-14-33-22/h4-5,16-18,22H,1-2,6-15H2,3H3,(H,27,31)/t22-/m0/s1. The molecule has 1 aliphatic heterocycles. The second kappa shape index (κ2) is 10.3. The minimum absolute atomic E-state index is 0.0102. The van der Waals surface area contributed by atoms with Crippen molar-refractivity contribution in [3.05, 3.63) is 48.8 Å². The fourth-order valence-electron chi connectivity index (χ4n) is 5.09. The van der Waals surface area contributed by atoms with Gasteiger partial charge >= 0.3 is 0 Å². The third-order valence-electron chi connectivity index (χ3n) is 6.67. The lowest BCUT2D eigenvalue weighted by atomic mass is 10.0. The molecular weight excluding hydrogens is 416 g/mol. The van der Waals surface area contributed by atoms with Crippen LogP contribution in [0, 0.1) is 5.92 Å². The number of benzene rings is 1. The molecule has 1 saturated carbocycles. The summed E-state index contributed by atoms with van der Waals surface area (Å²) < 4.78 is 7.83. The Hall–Kier alpha value is -2.93. The number of carbonyl (C=O) groups is 2. The van der Waals surface area contributed by atoms with E-state index in [1.807, 2.05) is 17.7 Å². The van der Waals surface area contributed by atoms with Crippen LogP contribution in [0.1, 0.15) is 67.2 Å². The number of ether oxygens (including phenoxy) is 1. The Labute approximate surface area is 195 Å². The lowest BCUT2D eigenvalue weighted by Gasteiger charge is -2.21. The summed E-state index contributed by atoms with van der Waals surface area (Å²) in [5, 5.41) is 3.03. The molecule has 0 bridgehead atoms. The number of aromatic nitrogens is 2. The van der Waals surface area contributed by atoms with E-state index < -0.39 is 0 Å². The summed E-state index contributed by atoms with van der Waals surface area (Å²) in [6.07, 6.45) is 10.4. The van der Waals surface area contributed by atoms with E-state index in [-0.39, 0.29) is 17.9 Å². The minimum Gasteiger partial charge on any atom is -0.370 e. The van der Waals surface area contributed by atoms with Crippen molar-refractivity contribution in [2.45, 2.75) is 51.0 Å². The molecule has 1 atom stereocenters. The van der Waals surface area contributed by atoms with Crippen molar-refractivity contribution in [2.75, 3.05) is 25.0 Å². The van der Waals surface area contributed by atoms with Gasteiger partial charge in [0.15, 0.2) is 0 Å². The van der Waals surface area contributed by atoms with Gasteiger partial charge in [0.2, 0.25) is 5.91 Å². The summed E-state index contributed by atoms with van der Waals surface area (Å²) in [4.78, 5) is 32.8. The van der Waals surface area contributed by atoms with Gasteiger partial charge in [0.25, 0.3) is 5.91 Å². The molecular formula is C26H34N4O3. The van der Waals surface area contributed by atoms with Crippen LogP contribution in [0.4, 0.5) is 5.69 Å². The van der Waals surface area contributed by atoms with Crippen LogP contribution in [-0.2, 0) is 16.6 Å². The Kier molecular flexibility index (Phi) is 7.28. The number of hydrogen-bond donors (Lipinski definition) is 1. The van der Waals surface area contributed by atoms with Crippen molar-refractivity contribution in [3.8, 4) is 0 Å². The number of fused-ring (bicyclic) bond motifs is 1. The van der Waals surface area contributed by atoms with E-state index in [4.69, 9.17) is 9.72 Å².